The average molecular weight is 242 g/mol. The third kappa shape index (κ3) is 2.92. The largest absolute Gasteiger partial charge is 0.469 e. The van der Waals surface area contributed by atoms with Crippen LogP contribution in [0.1, 0.15) is 6.42 Å². The fourth-order valence-corrected chi connectivity index (χ4v) is 1.19. The SMILES string of the molecule is COC(=O)CCNc1nn(C)c(=O)n(C)c1=O. The number of hydrogen-bond acceptors (Lipinski definition) is 6. The summed E-state index contributed by atoms with van der Waals surface area (Å²) in [5.74, 6) is -0.363. The summed E-state index contributed by atoms with van der Waals surface area (Å²) in [4.78, 5) is 33.8. The lowest BCUT2D eigenvalue weighted by Crippen LogP contribution is -2.40. The zero-order chi connectivity index (χ0) is 13.0. The van der Waals surface area contributed by atoms with E-state index in [1.54, 1.807) is 0 Å². The predicted molar refractivity (Wildman–Crippen MR) is 59.8 cm³/mol. The minimum atomic E-state index is -0.530. The number of carbonyl (C=O) groups excluding carboxylic acids is 1. The molecule has 8 heteroatoms. The van der Waals surface area contributed by atoms with Crippen LogP contribution >= 0.6 is 0 Å². The smallest absolute Gasteiger partial charge is 0.346 e. The summed E-state index contributed by atoms with van der Waals surface area (Å²) in [6.07, 6.45) is 0.115. The van der Waals surface area contributed by atoms with Crippen LogP contribution < -0.4 is 16.6 Å². The molecule has 0 spiro atoms. The van der Waals surface area contributed by atoms with E-state index in [0.717, 1.165) is 9.25 Å². The molecule has 0 aliphatic carbocycles. The Kier molecular flexibility index (Phi) is 4.02. The third-order valence-electron chi connectivity index (χ3n) is 2.17. The number of nitrogens with zero attached hydrogens (tertiary/aromatic N) is 3. The standard InChI is InChI=1S/C9H14N4O4/c1-12-8(15)7(11-13(2)9(12)16)10-5-4-6(14)17-3/h4-5H2,1-3H3,(H,10,11). The summed E-state index contributed by atoms with van der Waals surface area (Å²) in [5, 5.41) is 6.45. The van der Waals surface area contributed by atoms with Crippen LogP contribution in [0.5, 0.6) is 0 Å². The van der Waals surface area contributed by atoms with Crippen molar-refractivity contribution in [3.63, 3.8) is 0 Å². The normalized spacial score (nSPS) is 10.1. The van der Waals surface area contributed by atoms with Crippen molar-refractivity contribution < 1.29 is 9.53 Å². The molecule has 0 aliphatic rings. The van der Waals surface area contributed by atoms with Crippen molar-refractivity contribution in [1.82, 2.24) is 14.3 Å². The summed E-state index contributed by atoms with van der Waals surface area (Å²) in [7, 11) is 4.08. The highest BCUT2D eigenvalue weighted by molar-refractivity contribution is 5.69. The van der Waals surface area contributed by atoms with E-state index in [1.807, 2.05) is 0 Å². The van der Waals surface area contributed by atoms with Crippen molar-refractivity contribution in [3.8, 4) is 0 Å². The minimum absolute atomic E-state index is 0.0264. The van der Waals surface area contributed by atoms with Crippen molar-refractivity contribution in [1.29, 1.82) is 0 Å². The molecular weight excluding hydrogens is 228 g/mol. The zero-order valence-electron chi connectivity index (χ0n) is 9.89. The summed E-state index contributed by atoms with van der Waals surface area (Å²) in [5.41, 5.74) is -1.04. The van der Waals surface area contributed by atoms with Gasteiger partial charge in [-0.15, -0.1) is 5.10 Å². The number of nitrogens with one attached hydrogen (secondary N) is 1. The number of aryl methyl sites for hydroxylation is 1. The van der Waals surface area contributed by atoms with Crippen molar-refractivity contribution in [2.75, 3.05) is 19.0 Å². The van der Waals surface area contributed by atoms with Crippen LogP contribution in [0.4, 0.5) is 5.82 Å². The lowest BCUT2D eigenvalue weighted by molar-refractivity contribution is -0.140. The molecule has 0 atom stereocenters. The minimum Gasteiger partial charge on any atom is -0.469 e. The van der Waals surface area contributed by atoms with Gasteiger partial charge in [0.1, 0.15) is 0 Å². The maximum absolute atomic E-state index is 11.6. The van der Waals surface area contributed by atoms with Crippen molar-refractivity contribution in [2.24, 2.45) is 14.1 Å². The molecule has 1 heterocycles. The fourth-order valence-electron chi connectivity index (χ4n) is 1.19. The van der Waals surface area contributed by atoms with Crippen LogP contribution in [0.25, 0.3) is 0 Å². The van der Waals surface area contributed by atoms with Crippen LogP contribution in [-0.4, -0.2) is 34.0 Å². The zero-order valence-corrected chi connectivity index (χ0v) is 9.89. The Bertz CT molecular complexity index is 531. The second-order valence-corrected chi connectivity index (χ2v) is 3.37. The first-order chi connectivity index (χ1) is 7.97. The Morgan fingerprint density at radius 1 is 1.41 bits per heavy atom. The van der Waals surface area contributed by atoms with E-state index in [2.05, 4.69) is 15.2 Å². The molecule has 1 aromatic rings. The van der Waals surface area contributed by atoms with E-state index in [1.165, 1.54) is 21.2 Å². The fraction of sp³-hybridized carbons (Fsp3) is 0.556. The van der Waals surface area contributed by atoms with Gasteiger partial charge in [-0.25, -0.2) is 9.48 Å². The first-order valence-electron chi connectivity index (χ1n) is 4.92. The van der Waals surface area contributed by atoms with E-state index in [0.29, 0.717) is 0 Å². The van der Waals surface area contributed by atoms with E-state index in [-0.39, 0.29) is 24.8 Å². The number of ether oxygens (including phenoxy) is 1. The maximum Gasteiger partial charge on any atom is 0.346 e. The maximum atomic E-state index is 11.6. The molecule has 0 bridgehead atoms. The lowest BCUT2D eigenvalue weighted by atomic mass is 10.4. The summed E-state index contributed by atoms with van der Waals surface area (Å²) >= 11 is 0. The van der Waals surface area contributed by atoms with E-state index >= 15 is 0 Å². The Morgan fingerprint density at radius 2 is 2.06 bits per heavy atom. The molecule has 0 amide bonds. The van der Waals surface area contributed by atoms with Gasteiger partial charge in [0.2, 0.25) is 5.82 Å². The van der Waals surface area contributed by atoms with Crippen LogP contribution in [0, 0.1) is 0 Å². The van der Waals surface area contributed by atoms with Gasteiger partial charge in [-0.05, 0) is 0 Å². The molecule has 17 heavy (non-hydrogen) atoms. The van der Waals surface area contributed by atoms with Gasteiger partial charge >= 0.3 is 11.7 Å². The van der Waals surface area contributed by atoms with Crippen molar-refractivity contribution in [2.45, 2.75) is 6.42 Å². The Balaban J connectivity index is 2.83. The molecule has 0 aromatic carbocycles. The third-order valence-corrected chi connectivity index (χ3v) is 2.17. The number of hydrogen-bond donors (Lipinski definition) is 1. The lowest BCUT2D eigenvalue weighted by Gasteiger charge is -2.07. The molecule has 94 valence electrons. The van der Waals surface area contributed by atoms with Crippen molar-refractivity contribution in [3.05, 3.63) is 20.8 Å². The number of carbonyl (C=O) groups is 1. The second-order valence-electron chi connectivity index (χ2n) is 3.37. The monoisotopic (exact) mass is 242 g/mol. The average Bonchev–Trinajstić information content (AvgIpc) is 2.32. The van der Waals surface area contributed by atoms with Crippen molar-refractivity contribution >= 4 is 11.8 Å². The van der Waals surface area contributed by atoms with Gasteiger partial charge in [0.25, 0.3) is 5.56 Å². The highest BCUT2D eigenvalue weighted by atomic mass is 16.5. The summed E-state index contributed by atoms with van der Waals surface area (Å²) in [6.45, 7) is 0.215. The molecular formula is C9H14N4O4. The van der Waals surface area contributed by atoms with Crippen LogP contribution in [0.15, 0.2) is 9.59 Å². The molecule has 0 saturated heterocycles. The Hall–Kier alpha value is -2.12. The van der Waals surface area contributed by atoms with E-state index in [4.69, 9.17) is 0 Å². The van der Waals surface area contributed by atoms with Gasteiger partial charge < -0.3 is 10.1 Å². The molecule has 8 nitrogen and oxygen atoms in total. The van der Waals surface area contributed by atoms with Crippen LogP contribution in [0.3, 0.4) is 0 Å². The molecule has 0 unspecified atom stereocenters. The van der Waals surface area contributed by atoms with Crippen LogP contribution in [0.2, 0.25) is 0 Å². The highest BCUT2D eigenvalue weighted by Gasteiger charge is 2.08. The number of rotatable bonds is 4. The molecule has 1 N–H and O–H groups in total. The Morgan fingerprint density at radius 3 is 2.65 bits per heavy atom. The molecule has 1 aromatic heterocycles. The van der Waals surface area contributed by atoms with Gasteiger partial charge in [0.05, 0.1) is 13.5 Å². The second kappa shape index (κ2) is 5.28. The predicted octanol–water partition coefficient (Wildman–Crippen LogP) is -1.55. The van der Waals surface area contributed by atoms with Gasteiger partial charge in [-0.1, -0.05) is 0 Å². The van der Waals surface area contributed by atoms with Gasteiger partial charge in [-0.2, -0.15) is 0 Å². The van der Waals surface area contributed by atoms with Gasteiger partial charge in [0.15, 0.2) is 0 Å². The highest BCUT2D eigenvalue weighted by Crippen LogP contribution is 1.91. The number of methoxy groups -OCH3 is 1. The molecule has 0 saturated carbocycles. The van der Waals surface area contributed by atoms with E-state index in [9.17, 15) is 14.4 Å². The van der Waals surface area contributed by atoms with Crippen LogP contribution in [-0.2, 0) is 23.6 Å². The first kappa shape index (κ1) is 12.9. The van der Waals surface area contributed by atoms with E-state index < -0.39 is 11.2 Å². The summed E-state index contributed by atoms with van der Waals surface area (Å²) < 4.78 is 6.43. The first-order valence-corrected chi connectivity index (χ1v) is 4.92. The number of aromatic nitrogens is 3. The Labute approximate surface area is 96.8 Å². The topological polar surface area (TPSA) is 95.2 Å². The molecule has 0 fully saturated rings. The number of anilines is 1. The molecule has 0 radical (unpaired) electrons. The summed E-state index contributed by atoms with van der Waals surface area (Å²) in [6, 6.07) is 0. The van der Waals surface area contributed by atoms with Gasteiger partial charge in [-0.3, -0.25) is 14.2 Å². The number of esters is 1. The molecule has 1 rings (SSSR count). The molecule has 0 aliphatic heterocycles. The quantitative estimate of drug-likeness (QED) is 0.642. The van der Waals surface area contributed by atoms with Gasteiger partial charge in [0, 0.05) is 20.6 Å².